The summed E-state index contributed by atoms with van der Waals surface area (Å²) in [5.41, 5.74) is 0. The second-order valence-electron chi connectivity index (χ2n) is 4.33. The van der Waals surface area contributed by atoms with E-state index in [0.29, 0.717) is 11.1 Å². The molecule has 0 radical (unpaired) electrons. The molecule has 1 fully saturated rings. The maximum Gasteiger partial charge on any atom is 0.126 e. The fraction of sp³-hybridized carbons (Fsp3) is 0.583. The van der Waals surface area contributed by atoms with Crippen LogP contribution in [0.15, 0.2) is 18.3 Å². The molecule has 16 heavy (non-hydrogen) atoms. The number of pyridine rings is 1. The Hall–Kier alpha value is -0.800. The fourth-order valence-corrected chi connectivity index (χ4v) is 2.16. The average Bonchev–Trinajstić information content (AvgIpc) is 2.81. The van der Waals surface area contributed by atoms with Crippen molar-refractivity contribution in [1.82, 2.24) is 9.88 Å². The van der Waals surface area contributed by atoms with Gasteiger partial charge in [-0.15, -0.1) is 0 Å². The molecule has 1 aromatic heterocycles. The third kappa shape index (κ3) is 3.09. The minimum Gasteiger partial charge on any atom is -0.369 e. The van der Waals surface area contributed by atoms with E-state index in [1.54, 1.807) is 6.20 Å². The maximum atomic E-state index is 5.78. The monoisotopic (exact) mass is 239 g/mol. The lowest BCUT2D eigenvalue weighted by atomic mass is 10.3. The van der Waals surface area contributed by atoms with Crippen LogP contribution in [0.25, 0.3) is 0 Å². The van der Waals surface area contributed by atoms with Gasteiger partial charge in [0, 0.05) is 18.8 Å². The van der Waals surface area contributed by atoms with E-state index >= 15 is 0 Å². The van der Waals surface area contributed by atoms with Gasteiger partial charge in [0.05, 0.1) is 5.02 Å². The molecule has 88 valence electrons. The van der Waals surface area contributed by atoms with Gasteiger partial charge in [0.25, 0.3) is 0 Å². The summed E-state index contributed by atoms with van der Waals surface area (Å²) in [5.74, 6) is 0.899. The van der Waals surface area contributed by atoms with Crippen molar-refractivity contribution >= 4 is 17.4 Å². The maximum absolute atomic E-state index is 5.78. The van der Waals surface area contributed by atoms with E-state index in [-0.39, 0.29) is 0 Å². The first-order valence-corrected chi connectivity index (χ1v) is 6.23. The van der Waals surface area contributed by atoms with Gasteiger partial charge in [-0.1, -0.05) is 11.6 Å². The minimum absolute atomic E-state index is 0.569. The summed E-state index contributed by atoms with van der Waals surface area (Å²) in [4.78, 5) is 6.73. The molecule has 0 spiro atoms. The lowest BCUT2D eigenvalue weighted by Crippen LogP contribution is -2.35. The van der Waals surface area contributed by atoms with Crippen LogP contribution in [-0.4, -0.2) is 35.6 Å². The minimum atomic E-state index is 0.569. The van der Waals surface area contributed by atoms with Crippen molar-refractivity contribution in [3.63, 3.8) is 0 Å². The molecule has 0 aliphatic carbocycles. The summed E-state index contributed by atoms with van der Waals surface area (Å²) < 4.78 is 0. The molecule has 1 N–H and O–H groups in total. The van der Waals surface area contributed by atoms with Crippen LogP contribution in [0.4, 0.5) is 5.82 Å². The highest BCUT2D eigenvalue weighted by atomic mass is 35.5. The van der Waals surface area contributed by atoms with Crippen LogP contribution in [0.3, 0.4) is 0 Å². The first-order valence-electron chi connectivity index (χ1n) is 5.85. The first-order chi connectivity index (χ1) is 7.75. The van der Waals surface area contributed by atoms with Crippen molar-refractivity contribution in [3.05, 3.63) is 23.4 Å². The molecule has 0 bridgehead atoms. The zero-order valence-electron chi connectivity index (χ0n) is 9.62. The predicted molar refractivity (Wildman–Crippen MR) is 68.0 cm³/mol. The van der Waals surface area contributed by atoms with Crippen LogP contribution in [-0.2, 0) is 0 Å². The van der Waals surface area contributed by atoms with E-state index in [0.717, 1.165) is 12.4 Å². The van der Waals surface area contributed by atoms with E-state index in [2.05, 4.69) is 22.1 Å². The van der Waals surface area contributed by atoms with Crippen molar-refractivity contribution in [2.24, 2.45) is 0 Å². The van der Waals surface area contributed by atoms with E-state index in [9.17, 15) is 0 Å². The molecule has 4 heteroatoms. The normalized spacial score (nSPS) is 18.6. The summed E-state index contributed by atoms with van der Waals surface area (Å²) in [6.07, 6.45) is 4.34. The third-order valence-corrected chi connectivity index (χ3v) is 3.29. The molecule has 0 amide bonds. The van der Waals surface area contributed by atoms with E-state index in [1.165, 1.54) is 25.9 Å². The molecule has 1 aliphatic heterocycles. The van der Waals surface area contributed by atoms with Gasteiger partial charge >= 0.3 is 0 Å². The number of likely N-dealkylation sites (tertiary alicyclic amines) is 1. The van der Waals surface area contributed by atoms with Crippen LogP contribution in [0.5, 0.6) is 0 Å². The van der Waals surface area contributed by atoms with Crippen molar-refractivity contribution < 1.29 is 0 Å². The Morgan fingerprint density at radius 1 is 1.44 bits per heavy atom. The van der Waals surface area contributed by atoms with Gasteiger partial charge in [-0.25, -0.2) is 4.98 Å². The van der Waals surface area contributed by atoms with Gasteiger partial charge in [-0.05, 0) is 45.0 Å². The van der Waals surface area contributed by atoms with Crippen LogP contribution < -0.4 is 5.32 Å². The molecule has 0 aromatic carbocycles. The Kier molecular flexibility index (Phi) is 4.02. The first kappa shape index (κ1) is 11.7. The summed E-state index contributed by atoms with van der Waals surface area (Å²) in [6.45, 7) is 5.66. The van der Waals surface area contributed by atoms with E-state index < -0.39 is 0 Å². The topological polar surface area (TPSA) is 28.2 Å². The molecule has 0 saturated carbocycles. The van der Waals surface area contributed by atoms with Gasteiger partial charge in [-0.2, -0.15) is 0 Å². The SMILES string of the molecule is CC(CNc1ccc(Cl)cn1)N1CCCC1. The summed E-state index contributed by atoms with van der Waals surface area (Å²) in [7, 11) is 0. The van der Waals surface area contributed by atoms with Crippen LogP contribution >= 0.6 is 11.6 Å². The smallest absolute Gasteiger partial charge is 0.126 e. The van der Waals surface area contributed by atoms with E-state index in [4.69, 9.17) is 11.6 Å². The summed E-state index contributed by atoms with van der Waals surface area (Å²) >= 11 is 5.78. The molecule has 1 aliphatic rings. The molecular formula is C12H18ClN3. The van der Waals surface area contributed by atoms with Crippen LogP contribution in [0.1, 0.15) is 19.8 Å². The Morgan fingerprint density at radius 3 is 2.81 bits per heavy atom. The number of nitrogens with zero attached hydrogens (tertiary/aromatic N) is 2. The lowest BCUT2D eigenvalue weighted by molar-refractivity contribution is 0.269. The lowest BCUT2D eigenvalue weighted by Gasteiger charge is -2.24. The summed E-state index contributed by atoms with van der Waals surface area (Å²) in [5, 5.41) is 4.02. The Balaban J connectivity index is 1.80. The number of hydrogen-bond acceptors (Lipinski definition) is 3. The Labute approximate surface area is 102 Å². The largest absolute Gasteiger partial charge is 0.369 e. The average molecular weight is 240 g/mol. The molecule has 1 aromatic rings. The van der Waals surface area contributed by atoms with Crippen molar-refractivity contribution in [2.75, 3.05) is 25.0 Å². The quantitative estimate of drug-likeness (QED) is 0.876. The molecule has 1 atom stereocenters. The second kappa shape index (κ2) is 5.51. The zero-order chi connectivity index (χ0) is 11.4. The number of rotatable bonds is 4. The molecule has 3 nitrogen and oxygen atoms in total. The van der Waals surface area contributed by atoms with Crippen LogP contribution in [0, 0.1) is 0 Å². The molecular weight excluding hydrogens is 222 g/mol. The predicted octanol–water partition coefficient (Wildman–Crippen LogP) is 2.63. The molecule has 1 unspecified atom stereocenters. The summed E-state index contributed by atoms with van der Waals surface area (Å²) in [6, 6.07) is 4.34. The van der Waals surface area contributed by atoms with Crippen molar-refractivity contribution in [3.8, 4) is 0 Å². The standard InChI is InChI=1S/C12H18ClN3/c1-10(16-6-2-3-7-16)8-14-12-5-4-11(13)9-15-12/h4-5,9-10H,2-3,6-8H2,1H3,(H,14,15). The number of nitrogens with one attached hydrogen (secondary N) is 1. The molecule has 2 rings (SSSR count). The molecule has 1 saturated heterocycles. The fourth-order valence-electron chi connectivity index (χ4n) is 2.04. The Morgan fingerprint density at radius 2 is 2.19 bits per heavy atom. The highest BCUT2D eigenvalue weighted by Crippen LogP contribution is 2.13. The van der Waals surface area contributed by atoms with Gasteiger partial charge in [0.15, 0.2) is 0 Å². The van der Waals surface area contributed by atoms with Gasteiger partial charge in [-0.3, -0.25) is 4.90 Å². The Bertz CT molecular complexity index is 320. The zero-order valence-corrected chi connectivity index (χ0v) is 10.4. The van der Waals surface area contributed by atoms with E-state index in [1.807, 2.05) is 12.1 Å². The van der Waals surface area contributed by atoms with Gasteiger partial charge in [0.1, 0.15) is 5.82 Å². The number of halogens is 1. The number of anilines is 1. The van der Waals surface area contributed by atoms with Crippen molar-refractivity contribution in [1.29, 1.82) is 0 Å². The highest BCUT2D eigenvalue weighted by Gasteiger charge is 2.17. The highest BCUT2D eigenvalue weighted by molar-refractivity contribution is 6.30. The second-order valence-corrected chi connectivity index (χ2v) is 4.77. The van der Waals surface area contributed by atoms with Gasteiger partial charge in [0.2, 0.25) is 0 Å². The van der Waals surface area contributed by atoms with Crippen molar-refractivity contribution in [2.45, 2.75) is 25.8 Å². The molecule has 2 heterocycles. The van der Waals surface area contributed by atoms with Gasteiger partial charge < -0.3 is 5.32 Å². The number of aromatic nitrogens is 1. The number of hydrogen-bond donors (Lipinski definition) is 1. The third-order valence-electron chi connectivity index (χ3n) is 3.07. The van der Waals surface area contributed by atoms with Crippen LogP contribution in [0.2, 0.25) is 5.02 Å².